The predicted molar refractivity (Wildman–Crippen MR) is 96.3 cm³/mol. The number of hydrogen-bond donors (Lipinski definition) is 1. The lowest BCUT2D eigenvalue weighted by atomic mass is 9.95. The highest BCUT2D eigenvalue weighted by molar-refractivity contribution is 5.85. The van der Waals surface area contributed by atoms with Crippen molar-refractivity contribution in [3.63, 3.8) is 0 Å². The highest BCUT2D eigenvalue weighted by atomic mass is 35.5. The van der Waals surface area contributed by atoms with Gasteiger partial charge in [-0.2, -0.15) is 0 Å². The molecule has 1 fully saturated rings. The maximum Gasteiger partial charge on any atom is 0.225 e. The first-order valence-electron chi connectivity index (χ1n) is 8.18. The number of nitrogens with zero attached hydrogens (tertiary/aromatic N) is 1. The standard InChI is InChI=1S/C18H28N2O2.ClH/c1-14(12-15-4-6-17(22-3)7-5-15)13-20(2)18(21)16-8-10-19-11-9-16;/h4-7,14,16,19H,8-13H2,1-3H3;1H. The number of amides is 1. The van der Waals surface area contributed by atoms with Crippen LogP contribution >= 0.6 is 12.4 Å². The summed E-state index contributed by atoms with van der Waals surface area (Å²) in [5.74, 6) is 1.85. The highest BCUT2D eigenvalue weighted by Gasteiger charge is 2.24. The van der Waals surface area contributed by atoms with Gasteiger partial charge >= 0.3 is 0 Å². The Morgan fingerprint density at radius 2 is 1.91 bits per heavy atom. The minimum atomic E-state index is 0. The van der Waals surface area contributed by atoms with E-state index in [0.717, 1.165) is 44.6 Å². The van der Waals surface area contributed by atoms with E-state index in [1.165, 1.54) is 5.56 Å². The second-order valence-electron chi connectivity index (χ2n) is 6.40. The van der Waals surface area contributed by atoms with Gasteiger partial charge in [0.1, 0.15) is 5.75 Å². The summed E-state index contributed by atoms with van der Waals surface area (Å²) in [6.45, 7) is 4.95. The van der Waals surface area contributed by atoms with E-state index in [1.807, 2.05) is 24.1 Å². The molecule has 0 aliphatic carbocycles. The minimum Gasteiger partial charge on any atom is -0.497 e. The van der Waals surface area contributed by atoms with Gasteiger partial charge in [-0.1, -0.05) is 19.1 Å². The number of carbonyl (C=O) groups excluding carboxylic acids is 1. The van der Waals surface area contributed by atoms with Crippen LogP contribution in [0.25, 0.3) is 0 Å². The zero-order valence-corrected chi connectivity index (χ0v) is 15.2. The Bertz CT molecular complexity index is 472. The molecule has 0 spiro atoms. The summed E-state index contributed by atoms with van der Waals surface area (Å²) in [4.78, 5) is 14.4. The third kappa shape index (κ3) is 6.04. The predicted octanol–water partition coefficient (Wildman–Crippen LogP) is 2.75. The number of halogens is 1. The fraction of sp³-hybridized carbons (Fsp3) is 0.611. The van der Waals surface area contributed by atoms with Crippen molar-refractivity contribution < 1.29 is 9.53 Å². The minimum absolute atomic E-state index is 0. The number of nitrogens with one attached hydrogen (secondary N) is 1. The van der Waals surface area contributed by atoms with Gasteiger partial charge in [-0.3, -0.25) is 4.79 Å². The van der Waals surface area contributed by atoms with Crippen molar-refractivity contribution in [1.82, 2.24) is 10.2 Å². The van der Waals surface area contributed by atoms with E-state index in [4.69, 9.17) is 4.74 Å². The van der Waals surface area contributed by atoms with Crippen LogP contribution < -0.4 is 10.1 Å². The van der Waals surface area contributed by atoms with E-state index in [1.54, 1.807) is 7.11 Å². The maximum atomic E-state index is 12.5. The zero-order chi connectivity index (χ0) is 15.9. The third-order valence-corrected chi connectivity index (χ3v) is 4.39. The van der Waals surface area contributed by atoms with Gasteiger partial charge < -0.3 is 15.0 Å². The lowest BCUT2D eigenvalue weighted by molar-refractivity contribution is -0.135. The molecule has 4 nitrogen and oxygen atoms in total. The van der Waals surface area contributed by atoms with Crippen LogP contribution in [0, 0.1) is 11.8 Å². The number of hydrogen-bond acceptors (Lipinski definition) is 3. The molecule has 23 heavy (non-hydrogen) atoms. The Morgan fingerprint density at radius 3 is 2.48 bits per heavy atom. The molecule has 0 saturated carbocycles. The molecule has 1 unspecified atom stereocenters. The summed E-state index contributed by atoms with van der Waals surface area (Å²) in [5, 5.41) is 3.31. The lowest BCUT2D eigenvalue weighted by Gasteiger charge is -2.28. The quantitative estimate of drug-likeness (QED) is 0.865. The molecule has 2 rings (SSSR count). The molecule has 0 aromatic heterocycles. The van der Waals surface area contributed by atoms with Crippen LogP contribution in [0.2, 0.25) is 0 Å². The van der Waals surface area contributed by atoms with Crippen LogP contribution in [0.15, 0.2) is 24.3 Å². The second kappa shape index (κ2) is 9.78. The molecule has 5 heteroatoms. The van der Waals surface area contributed by atoms with Crippen molar-refractivity contribution >= 4 is 18.3 Å². The monoisotopic (exact) mass is 340 g/mol. The number of methoxy groups -OCH3 is 1. The van der Waals surface area contributed by atoms with Crippen LogP contribution in [0.4, 0.5) is 0 Å². The molecule has 130 valence electrons. The SMILES string of the molecule is COc1ccc(CC(C)CN(C)C(=O)C2CCNCC2)cc1.Cl. The Morgan fingerprint density at radius 1 is 1.30 bits per heavy atom. The van der Waals surface area contributed by atoms with Gasteiger partial charge in [-0.15, -0.1) is 12.4 Å². The van der Waals surface area contributed by atoms with Gasteiger partial charge in [0, 0.05) is 19.5 Å². The molecule has 1 N–H and O–H groups in total. The number of ether oxygens (including phenoxy) is 1. The molecule has 1 aliphatic heterocycles. The lowest BCUT2D eigenvalue weighted by Crippen LogP contribution is -2.40. The maximum absolute atomic E-state index is 12.5. The molecule has 0 bridgehead atoms. The van der Waals surface area contributed by atoms with E-state index >= 15 is 0 Å². The van der Waals surface area contributed by atoms with Crippen molar-refractivity contribution in [3.05, 3.63) is 29.8 Å². The van der Waals surface area contributed by atoms with Gasteiger partial charge in [0.25, 0.3) is 0 Å². The average molecular weight is 341 g/mol. The van der Waals surface area contributed by atoms with Crippen molar-refractivity contribution in [2.75, 3.05) is 33.8 Å². The van der Waals surface area contributed by atoms with Crippen LogP contribution in [0.3, 0.4) is 0 Å². The van der Waals surface area contributed by atoms with Crippen LogP contribution in [0.1, 0.15) is 25.3 Å². The van der Waals surface area contributed by atoms with Crippen molar-refractivity contribution in [2.24, 2.45) is 11.8 Å². The van der Waals surface area contributed by atoms with Crippen LogP contribution in [-0.2, 0) is 11.2 Å². The fourth-order valence-corrected chi connectivity index (χ4v) is 3.17. The van der Waals surface area contributed by atoms with Crippen LogP contribution in [0.5, 0.6) is 5.75 Å². The highest BCUT2D eigenvalue weighted by Crippen LogP contribution is 2.18. The van der Waals surface area contributed by atoms with Gasteiger partial charge in [-0.05, 0) is 56.0 Å². The summed E-state index contributed by atoms with van der Waals surface area (Å²) < 4.78 is 5.18. The van der Waals surface area contributed by atoms with E-state index in [9.17, 15) is 4.79 Å². The van der Waals surface area contributed by atoms with E-state index in [2.05, 4.69) is 24.4 Å². The molecule has 1 aliphatic rings. The van der Waals surface area contributed by atoms with E-state index in [-0.39, 0.29) is 18.3 Å². The smallest absolute Gasteiger partial charge is 0.225 e. The molecule has 1 heterocycles. The van der Waals surface area contributed by atoms with Gasteiger partial charge in [0.15, 0.2) is 0 Å². The number of rotatable bonds is 6. The number of benzene rings is 1. The number of piperidine rings is 1. The summed E-state index contributed by atoms with van der Waals surface area (Å²) in [6, 6.07) is 8.19. The summed E-state index contributed by atoms with van der Waals surface area (Å²) >= 11 is 0. The van der Waals surface area contributed by atoms with Gasteiger partial charge in [0.2, 0.25) is 5.91 Å². The Labute approximate surface area is 146 Å². The largest absolute Gasteiger partial charge is 0.497 e. The molecule has 1 saturated heterocycles. The fourth-order valence-electron chi connectivity index (χ4n) is 3.17. The molecule has 1 atom stereocenters. The normalized spacial score (nSPS) is 16.3. The Hall–Kier alpha value is -1.26. The summed E-state index contributed by atoms with van der Waals surface area (Å²) in [5.41, 5.74) is 1.29. The zero-order valence-electron chi connectivity index (χ0n) is 14.4. The molecule has 1 amide bonds. The molecular formula is C18H29ClN2O2. The Kier molecular flexibility index (Phi) is 8.42. The first-order valence-corrected chi connectivity index (χ1v) is 8.18. The van der Waals surface area contributed by atoms with Crippen molar-refractivity contribution in [2.45, 2.75) is 26.2 Å². The molecule has 0 radical (unpaired) electrons. The van der Waals surface area contributed by atoms with Crippen molar-refractivity contribution in [1.29, 1.82) is 0 Å². The first kappa shape index (κ1) is 19.8. The van der Waals surface area contributed by atoms with E-state index in [0.29, 0.717) is 11.8 Å². The summed E-state index contributed by atoms with van der Waals surface area (Å²) in [6.07, 6.45) is 2.92. The molecule has 1 aromatic carbocycles. The first-order chi connectivity index (χ1) is 10.6. The number of carbonyl (C=O) groups is 1. The average Bonchev–Trinajstić information content (AvgIpc) is 2.55. The van der Waals surface area contributed by atoms with Crippen molar-refractivity contribution in [3.8, 4) is 5.75 Å². The topological polar surface area (TPSA) is 41.6 Å². The van der Waals surface area contributed by atoms with Crippen LogP contribution in [-0.4, -0.2) is 44.6 Å². The second-order valence-corrected chi connectivity index (χ2v) is 6.40. The molecule has 1 aromatic rings. The van der Waals surface area contributed by atoms with E-state index < -0.39 is 0 Å². The summed E-state index contributed by atoms with van der Waals surface area (Å²) in [7, 11) is 3.62. The van der Waals surface area contributed by atoms with Gasteiger partial charge in [-0.25, -0.2) is 0 Å². The molecular weight excluding hydrogens is 312 g/mol. The third-order valence-electron chi connectivity index (χ3n) is 4.39. The van der Waals surface area contributed by atoms with Gasteiger partial charge in [0.05, 0.1) is 7.11 Å². The Balaban J connectivity index is 0.00000264.